The number of halogens is 3. The number of ether oxygens (including phenoxy) is 2. The zero-order chi connectivity index (χ0) is 17.8. The van der Waals surface area contributed by atoms with Crippen LogP contribution < -0.4 is 14.8 Å². The Balaban J connectivity index is 1.62. The zero-order valence-corrected chi connectivity index (χ0v) is 13.3. The van der Waals surface area contributed by atoms with E-state index in [1.165, 1.54) is 18.5 Å². The average molecular weight is 358 g/mol. The maximum Gasteiger partial charge on any atom is 0.388 e. The van der Waals surface area contributed by atoms with Gasteiger partial charge in [0, 0.05) is 19.2 Å². The average Bonchev–Trinajstić information content (AvgIpc) is 2.97. The Kier molecular flexibility index (Phi) is 5.22. The van der Waals surface area contributed by atoms with Crippen molar-refractivity contribution in [3.63, 3.8) is 0 Å². The number of nitrogens with one attached hydrogen (secondary N) is 2. The predicted octanol–water partition coefficient (Wildman–Crippen LogP) is 1.97. The maximum absolute atomic E-state index is 14.0. The summed E-state index contributed by atoms with van der Waals surface area (Å²) < 4.78 is 48.0. The van der Waals surface area contributed by atoms with E-state index in [2.05, 4.69) is 30.2 Å². The highest BCUT2D eigenvalue weighted by molar-refractivity contribution is 5.51. The lowest BCUT2D eigenvalue weighted by atomic mass is 10.1. The third-order valence-electron chi connectivity index (χ3n) is 3.60. The molecule has 0 radical (unpaired) electrons. The number of piperidine rings is 1. The number of hydrogen-bond acceptors (Lipinski definition) is 7. The molecular weight excluding hydrogens is 341 g/mol. The van der Waals surface area contributed by atoms with Crippen LogP contribution in [0.2, 0.25) is 0 Å². The minimum absolute atomic E-state index is 0.172. The van der Waals surface area contributed by atoms with E-state index in [9.17, 15) is 13.2 Å². The number of aromatic amines is 1. The topological polar surface area (TPSA) is 88.2 Å². The Morgan fingerprint density at radius 1 is 1.36 bits per heavy atom. The van der Waals surface area contributed by atoms with E-state index in [4.69, 9.17) is 4.74 Å². The van der Waals surface area contributed by atoms with Crippen LogP contribution in [0.3, 0.4) is 0 Å². The van der Waals surface area contributed by atoms with Crippen molar-refractivity contribution in [3.05, 3.63) is 18.5 Å². The molecular formula is C14H17F3N6O2. The van der Waals surface area contributed by atoms with Crippen LogP contribution in [-0.2, 0) is 0 Å². The molecule has 2 N–H and O–H groups in total. The Labute approximate surface area is 141 Å². The van der Waals surface area contributed by atoms with E-state index in [0.717, 1.165) is 6.54 Å². The van der Waals surface area contributed by atoms with Gasteiger partial charge in [0.25, 0.3) is 0 Å². The molecule has 0 spiro atoms. The molecule has 0 amide bonds. The molecule has 11 heteroatoms. The number of nitrogens with zero attached hydrogens (tertiary/aromatic N) is 4. The summed E-state index contributed by atoms with van der Waals surface area (Å²) in [6, 6.07) is 1.25. The third-order valence-corrected chi connectivity index (χ3v) is 3.60. The van der Waals surface area contributed by atoms with Gasteiger partial charge < -0.3 is 19.7 Å². The van der Waals surface area contributed by atoms with Crippen LogP contribution in [0.4, 0.5) is 24.8 Å². The zero-order valence-electron chi connectivity index (χ0n) is 13.3. The highest BCUT2D eigenvalue weighted by Crippen LogP contribution is 2.22. The van der Waals surface area contributed by atoms with Gasteiger partial charge in [-0.1, -0.05) is 0 Å². The minimum Gasteiger partial charge on any atom is -0.470 e. The molecule has 1 aliphatic rings. The van der Waals surface area contributed by atoms with Gasteiger partial charge in [-0.25, -0.2) is 4.39 Å². The molecule has 2 aromatic heterocycles. The van der Waals surface area contributed by atoms with Gasteiger partial charge >= 0.3 is 6.61 Å². The molecule has 1 aliphatic heterocycles. The second-order valence-corrected chi connectivity index (χ2v) is 5.59. The van der Waals surface area contributed by atoms with E-state index in [1.54, 1.807) is 0 Å². The molecule has 1 fully saturated rings. The number of rotatable bonds is 6. The SMILES string of the molecule is CN1CC[C@H](Oc2cncc(Nc3cc(OC(F)F)n[nH]3)n2)[C@@H](F)C1. The maximum atomic E-state index is 14.0. The van der Waals surface area contributed by atoms with Crippen molar-refractivity contribution in [2.24, 2.45) is 0 Å². The monoisotopic (exact) mass is 358 g/mol. The van der Waals surface area contributed by atoms with Crippen molar-refractivity contribution < 1.29 is 22.6 Å². The second kappa shape index (κ2) is 7.55. The fourth-order valence-electron chi connectivity index (χ4n) is 2.45. The standard InChI is InChI=1S/C14H17F3N6O2/c1-23-3-2-9(8(15)7-23)24-13-6-18-5-11(20-13)19-10-4-12(22-21-10)25-14(16)17/h4-6,8-9,14H,2-3,7H2,1H3,(H2,19,20,21,22)/t8-,9-/m0/s1. The molecule has 1 saturated heterocycles. The van der Waals surface area contributed by atoms with Crippen molar-refractivity contribution >= 4 is 11.6 Å². The summed E-state index contributed by atoms with van der Waals surface area (Å²) in [5, 5.41) is 8.84. The highest BCUT2D eigenvalue weighted by Gasteiger charge is 2.29. The lowest BCUT2D eigenvalue weighted by Crippen LogP contribution is -2.45. The number of aromatic nitrogens is 4. The summed E-state index contributed by atoms with van der Waals surface area (Å²) in [5.74, 6) is 0.480. The highest BCUT2D eigenvalue weighted by atomic mass is 19.3. The molecule has 8 nitrogen and oxygen atoms in total. The normalized spacial score (nSPS) is 21.3. The lowest BCUT2D eigenvalue weighted by Gasteiger charge is -2.31. The van der Waals surface area contributed by atoms with Gasteiger partial charge in [-0.15, -0.1) is 5.10 Å². The first-order valence-electron chi connectivity index (χ1n) is 7.58. The lowest BCUT2D eigenvalue weighted by molar-refractivity contribution is -0.0528. The van der Waals surface area contributed by atoms with E-state index in [-0.39, 0.29) is 23.4 Å². The van der Waals surface area contributed by atoms with Crippen molar-refractivity contribution in [2.75, 3.05) is 25.5 Å². The van der Waals surface area contributed by atoms with Gasteiger partial charge in [0.1, 0.15) is 18.1 Å². The van der Waals surface area contributed by atoms with Crippen LogP contribution in [-0.4, -0.2) is 64.1 Å². The smallest absolute Gasteiger partial charge is 0.388 e. The molecule has 25 heavy (non-hydrogen) atoms. The summed E-state index contributed by atoms with van der Waals surface area (Å²) in [5.41, 5.74) is 0. The first kappa shape index (κ1) is 17.3. The van der Waals surface area contributed by atoms with Crippen molar-refractivity contribution in [1.29, 1.82) is 0 Å². The van der Waals surface area contributed by atoms with Gasteiger partial charge in [-0.05, 0) is 13.5 Å². The molecule has 3 heterocycles. The molecule has 0 bridgehead atoms. The van der Waals surface area contributed by atoms with E-state index in [0.29, 0.717) is 13.0 Å². The summed E-state index contributed by atoms with van der Waals surface area (Å²) in [4.78, 5) is 10.0. The summed E-state index contributed by atoms with van der Waals surface area (Å²) in [6.45, 7) is -1.93. The number of likely N-dealkylation sites (tertiary alicyclic amines) is 1. The van der Waals surface area contributed by atoms with Crippen molar-refractivity contribution in [2.45, 2.75) is 25.3 Å². The molecule has 2 atom stereocenters. The van der Waals surface area contributed by atoms with Gasteiger partial charge in [-0.2, -0.15) is 13.8 Å². The van der Waals surface area contributed by atoms with E-state index in [1.807, 2.05) is 11.9 Å². The van der Waals surface area contributed by atoms with Crippen molar-refractivity contribution in [3.8, 4) is 11.8 Å². The molecule has 0 unspecified atom stereocenters. The summed E-state index contributed by atoms with van der Waals surface area (Å²) in [6.07, 6.45) is 1.64. The number of hydrogen-bond donors (Lipinski definition) is 2. The van der Waals surface area contributed by atoms with Crippen LogP contribution in [0.1, 0.15) is 6.42 Å². The largest absolute Gasteiger partial charge is 0.470 e. The summed E-state index contributed by atoms with van der Waals surface area (Å²) >= 11 is 0. The van der Waals surface area contributed by atoms with E-state index < -0.39 is 18.9 Å². The van der Waals surface area contributed by atoms with Gasteiger partial charge in [0.15, 0.2) is 5.82 Å². The third kappa shape index (κ3) is 4.72. The van der Waals surface area contributed by atoms with E-state index >= 15 is 0 Å². The van der Waals surface area contributed by atoms with Crippen LogP contribution >= 0.6 is 0 Å². The number of H-pyrrole nitrogens is 1. The number of alkyl halides is 3. The Morgan fingerprint density at radius 2 is 2.20 bits per heavy atom. The van der Waals surface area contributed by atoms with Crippen LogP contribution in [0.15, 0.2) is 18.5 Å². The van der Waals surface area contributed by atoms with Gasteiger partial charge in [-0.3, -0.25) is 10.1 Å². The summed E-state index contributed by atoms with van der Waals surface area (Å²) in [7, 11) is 1.85. The van der Waals surface area contributed by atoms with Crippen LogP contribution in [0, 0.1) is 0 Å². The Morgan fingerprint density at radius 3 is 2.96 bits per heavy atom. The molecule has 0 aliphatic carbocycles. The fraction of sp³-hybridized carbons (Fsp3) is 0.500. The van der Waals surface area contributed by atoms with Crippen LogP contribution in [0.5, 0.6) is 11.8 Å². The molecule has 0 saturated carbocycles. The quantitative estimate of drug-likeness (QED) is 0.816. The Hall–Kier alpha value is -2.56. The minimum atomic E-state index is -2.96. The predicted molar refractivity (Wildman–Crippen MR) is 82.0 cm³/mol. The first-order valence-corrected chi connectivity index (χ1v) is 7.58. The molecule has 2 aromatic rings. The molecule has 3 rings (SSSR count). The number of anilines is 2. The molecule has 0 aromatic carbocycles. The Bertz CT molecular complexity index is 701. The van der Waals surface area contributed by atoms with Gasteiger partial charge in [0.05, 0.1) is 12.4 Å². The fourth-order valence-corrected chi connectivity index (χ4v) is 2.45. The molecule has 136 valence electrons. The second-order valence-electron chi connectivity index (χ2n) is 5.59. The first-order chi connectivity index (χ1) is 12.0. The van der Waals surface area contributed by atoms with Gasteiger partial charge in [0.2, 0.25) is 11.8 Å². The van der Waals surface area contributed by atoms with Crippen molar-refractivity contribution in [1.82, 2.24) is 25.1 Å². The van der Waals surface area contributed by atoms with Crippen LogP contribution in [0.25, 0.3) is 0 Å².